The average Bonchev–Trinajstić information content (AvgIpc) is 3.65. The number of nitrogens with one attached hydrogen (secondary N) is 4. The Morgan fingerprint density at radius 3 is 2.23 bits per heavy atom. The van der Waals surface area contributed by atoms with E-state index in [0.29, 0.717) is 0 Å². The van der Waals surface area contributed by atoms with Crippen LogP contribution < -0.4 is 33.4 Å². The molecule has 4 aromatic rings. The van der Waals surface area contributed by atoms with E-state index in [1.807, 2.05) is 0 Å². The van der Waals surface area contributed by atoms with Crippen molar-refractivity contribution in [2.45, 2.75) is 49.3 Å². The number of H-pyrrole nitrogens is 2. The summed E-state index contributed by atoms with van der Waals surface area (Å²) in [4.78, 5) is 45.2. The molecule has 19 heteroatoms. The van der Waals surface area contributed by atoms with Crippen LogP contribution in [0.15, 0.2) is 22.2 Å². The second-order valence-electron chi connectivity index (χ2n) is 9.27. The van der Waals surface area contributed by atoms with Crippen LogP contribution in [0.3, 0.4) is 0 Å². The van der Waals surface area contributed by atoms with Crippen molar-refractivity contribution in [3.63, 3.8) is 0 Å². The molecular formula is C20H26N12O7. The summed E-state index contributed by atoms with van der Waals surface area (Å²) >= 11 is 0. The van der Waals surface area contributed by atoms with Gasteiger partial charge in [0.15, 0.2) is 28.6 Å². The van der Waals surface area contributed by atoms with Gasteiger partial charge in [-0.3, -0.25) is 34.1 Å². The van der Waals surface area contributed by atoms with Gasteiger partial charge in [-0.2, -0.15) is 9.97 Å². The highest BCUT2D eigenvalue weighted by Gasteiger charge is 2.45. The van der Waals surface area contributed by atoms with Gasteiger partial charge in [0.05, 0.1) is 37.5 Å². The molecule has 6 heterocycles. The first-order chi connectivity index (χ1) is 18.7. The smallest absolute Gasteiger partial charge is 0.280 e. The summed E-state index contributed by atoms with van der Waals surface area (Å²) in [5.41, 5.74) is 16.6. The van der Waals surface area contributed by atoms with Crippen LogP contribution in [-0.2, 0) is 9.47 Å². The lowest BCUT2D eigenvalue weighted by Crippen LogP contribution is -2.54. The maximum absolute atomic E-state index is 12.1. The predicted octanol–water partition coefficient (Wildman–Crippen LogP) is -4.22. The third-order valence-corrected chi connectivity index (χ3v) is 6.82. The highest BCUT2D eigenvalue weighted by molar-refractivity contribution is 5.71. The zero-order valence-corrected chi connectivity index (χ0v) is 20.1. The van der Waals surface area contributed by atoms with Crippen molar-refractivity contribution in [2.24, 2.45) is 0 Å². The Balaban J connectivity index is 1.12. The van der Waals surface area contributed by atoms with Crippen LogP contribution in [-0.4, -0.2) is 98.0 Å². The Morgan fingerprint density at radius 1 is 0.974 bits per heavy atom. The summed E-state index contributed by atoms with van der Waals surface area (Å²) in [5, 5.41) is 31.5. The number of hydrogen-bond acceptors (Lipinski definition) is 15. The first kappa shape index (κ1) is 25.3. The van der Waals surface area contributed by atoms with Gasteiger partial charge in [0.2, 0.25) is 11.9 Å². The van der Waals surface area contributed by atoms with Crippen LogP contribution in [0, 0.1) is 0 Å². The van der Waals surface area contributed by atoms with Crippen molar-refractivity contribution >= 4 is 34.2 Å². The summed E-state index contributed by atoms with van der Waals surface area (Å²) in [6.07, 6.45) is -2.40. The van der Waals surface area contributed by atoms with Crippen molar-refractivity contribution < 1.29 is 24.8 Å². The number of aromatic nitrogens is 8. The number of rotatable bonds is 7. The van der Waals surface area contributed by atoms with Crippen LogP contribution in [0.2, 0.25) is 0 Å². The van der Waals surface area contributed by atoms with E-state index in [9.17, 15) is 24.9 Å². The van der Waals surface area contributed by atoms with Crippen molar-refractivity contribution in [2.75, 3.05) is 24.6 Å². The van der Waals surface area contributed by atoms with Crippen LogP contribution in [0.1, 0.15) is 18.9 Å². The lowest BCUT2D eigenvalue weighted by atomic mass is 10.1. The fraction of sp³-hybridized carbons (Fsp3) is 0.500. The minimum absolute atomic E-state index is 0.0187. The van der Waals surface area contributed by atoms with Gasteiger partial charge in [0, 0.05) is 13.0 Å². The monoisotopic (exact) mass is 546 g/mol. The van der Waals surface area contributed by atoms with Crippen molar-refractivity contribution in [3.8, 4) is 0 Å². The fourth-order valence-electron chi connectivity index (χ4n) is 4.94. The Labute approximate surface area is 216 Å². The number of anilines is 2. The third-order valence-electron chi connectivity index (χ3n) is 6.82. The first-order valence-electron chi connectivity index (χ1n) is 12.0. The zero-order chi connectivity index (χ0) is 27.4. The van der Waals surface area contributed by atoms with E-state index in [0.717, 1.165) is 0 Å². The maximum Gasteiger partial charge on any atom is 0.280 e. The number of nitrogens with two attached hydrogens (primary N) is 2. The van der Waals surface area contributed by atoms with E-state index in [2.05, 4.69) is 40.8 Å². The highest BCUT2D eigenvalue weighted by atomic mass is 16.5. The van der Waals surface area contributed by atoms with Gasteiger partial charge in [-0.1, -0.05) is 0 Å². The van der Waals surface area contributed by atoms with Gasteiger partial charge in [-0.15, -0.1) is 0 Å². The summed E-state index contributed by atoms with van der Waals surface area (Å²) in [5.74, 6) is -0.195. The Bertz CT molecular complexity index is 1630. The molecule has 2 fully saturated rings. The molecule has 39 heavy (non-hydrogen) atoms. The van der Waals surface area contributed by atoms with Crippen LogP contribution in [0.4, 0.5) is 11.9 Å². The molecule has 0 bridgehead atoms. The molecular weight excluding hydrogens is 520 g/mol. The van der Waals surface area contributed by atoms with Crippen LogP contribution >= 0.6 is 0 Å². The van der Waals surface area contributed by atoms with Gasteiger partial charge in [0.1, 0.15) is 18.4 Å². The molecule has 0 aliphatic carbocycles. The molecule has 0 amide bonds. The molecule has 6 rings (SSSR count). The normalized spacial score (nSPS) is 29.2. The lowest BCUT2D eigenvalue weighted by molar-refractivity contribution is -0.0491. The minimum atomic E-state index is -1.21. The second-order valence-corrected chi connectivity index (χ2v) is 9.27. The van der Waals surface area contributed by atoms with E-state index >= 15 is 0 Å². The van der Waals surface area contributed by atoms with E-state index in [1.165, 1.54) is 21.8 Å². The number of aliphatic hydroxyl groups excluding tert-OH is 3. The van der Waals surface area contributed by atoms with Crippen molar-refractivity contribution in [1.82, 2.24) is 49.9 Å². The first-order valence-corrected chi connectivity index (χ1v) is 12.0. The number of fused-ring (bicyclic) bond motifs is 2. The van der Waals surface area contributed by atoms with E-state index < -0.39 is 60.6 Å². The molecule has 2 saturated heterocycles. The number of nitrogens with zero attached hydrogens (tertiary/aromatic N) is 6. The van der Waals surface area contributed by atoms with Gasteiger partial charge in [-0.25, -0.2) is 15.4 Å². The molecule has 208 valence electrons. The molecule has 0 spiro atoms. The molecule has 19 nitrogen and oxygen atoms in total. The topological polar surface area (TPSA) is 282 Å². The SMILES string of the molecule is Nc1nc2c(ncn2[C@@H]2O[C@H](CO)[C@@H](NNC[C@H]3O[C@@H](n4cnc5c(=O)[nH]c(N)nc54)C[C@@H]3O)[C@H]2O)c(=O)[nH]1. The van der Waals surface area contributed by atoms with Gasteiger partial charge in [0.25, 0.3) is 11.1 Å². The summed E-state index contributed by atoms with van der Waals surface area (Å²) in [7, 11) is 0. The standard InChI is InChI=1S/C20H26N12O7/c21-19-26-14-11(16(36)28-19)23-4-31(14)9-1-6(34)7(38-9)2-25-30-10-8(3-33)39-18(13(10)35)32-5-24-12-15(32)27-20(22)29-17(12)37/h4-10,13,18,25,30,33-35H,1-3H2,(H3,21,26,28,36)(H3,22,27,29,37)/t6-,7+,8+,9+,10+,13+,18+/m0/s1. The molecule has 0 saturated carbocycles. The number of nitrogen functional groups attached to an aromatic ring is 2. The van der Waals surface area contributed by atoms with Crippen LogP contribution in [0.25, 0.3) is 22.3 Å². The Morgan fingerprint density at radius 2 is 1.59 bits per heavy atom. The van der Waals surface area contributed by atoms with E-state index in [-0.39, 0.29) is 47.2 Å². The molecule has 4 aromatic heterocycles. The van der Waals surface area contributed by atoms with Gasteiger partial charge in [-0.05, 0) is 0 Å². The molecule has 0 aromatic carbocycles. The third kappa shape index (κ3) is 4.30. The number of hydrogen-bond donors (Lipinski definition) is 9. The molecule has 11 N–H and O–H groups in total. The number of ether oxygens (including phenoxy) is 2. The summed E-state index contributed by atoms with van der Waals surface area (Å²) in [6, 6.07) is -0.803. The highest BCUT2D eigenvalue weighted by Crippen LogP contribution is 2.32. The largest absolute Gasteiger partial charge is 0.394 e. The number of aromatic amines is 2. The molecule has 0 unspecified atom stereocenters. The van der Waals surface area contributed by atoms with Crippen molar-refractivity contribution in [1.29, 1.82) is 0 Å². The minimum Gasteiger partial charge on any atom is -0.394 e. The predicted molar refractivity (Wildman–Crippen MR) is 132 cm³/mol. The Hall–Kier alpha value is -3.98. The van der Waals surface area contributed by atoms with Gasteiger partial charge >= 0.3 is 0 Å². The van der Waals surface area contributed by atoms with E-state index in [4.69, 9.17) is 20.9 Å². The van der Waals surface area contributed by atoms with Crippen LogP contribution in [0.5, 0.6) is 0 Å². The number of aliphatic hydroxyl groups is 3. The number of hydrazine groups is 1. The second kappa shape index (κ2) is 9.64. The van der Waals surface area contributed by atoms with E-state index in [1.54, 1.807) is 0 Å². The molecule has 0 radical (unpaired) electrons. The van der Waals surface area contributed by atoms with Crippen molar-refractivity contribution in [3.05, 3.63) is 33.4 Å². The molecule has 2 aliphatic heterocycles. The quantitative estimate of drug-likeness (QED) is 0.0993. The lowest BCUT2D eigenvalue weighted by Gasteiger charge is -2.23. The van der Waals surface area contributed by atoms with Gasteiger partial charge < -0.3 is 36.3 Å². The average molecular weight is 547 g/mol. The fourth-order valence-corrected chi connectivity index (χ4v) is 4.94. The zero-order valence-electron chi connectivity index (χ0n) is 20.1. The Kier molecular flexibility index (Phi) is 6.26. The number of imidazole rings is 2. The maximum atomic E-state index is 12.1. The summed E-state index contributed by atoms with van der Waals surface area (Å²) < 4.78 is 14.7. The molecule has 7 atom stereocenters. The summed E-state index contributed by atoms with van der Waals surface area (Å²) in [6.45, 7) is -0.322. The molecule has 2 aliphatic rings.